The Morgan fingerprint density at radius 3 is 2.58 bits per heavy atom. The first-order chi connectivity index (χ1) is 15.6. The lowest BCUT2D eigenvalue weighted by Crippen LogP contribution is -2.53. The van der Waals surface area contributed by atoms with Gasteiger partial charge in [-0.25, -0.2) is 9.18 Å². The number of alkyl halides is 3. The lowest BCUT2D eigenvalue weighted by Gasteiger charge is -2.39. The third-order valence-electron chi connectivity index (χ3n) is 6.09. The zero-order valence-electron chi connectivity index (χ0n) is 17.9. The second kappa shape index (κ2) is 9.05. The van der Waals surface area contributed by atoms with Gasteiger partial charge in [0, 0.05) is 25.2 Å². The maximum atomic E-state index is 14.0. The van der Waals surface area contributed by atoms with Gasteiger partial charge >= 0.3 is 12.3 Å². The van der Waals surface area contributed by atoms with E-state index in [-0.39, 0.29) is 18.3 Å². The number of allylic oxidation sites excluding steroid dienone is 1. The summed E-state index contributed by atoms with van der Waals surface area (Å²) >= 11 is 0. The summed E-state index contributed by atoms with van der Waals surface area (Å²) in [4.78, 5) is 12.7. The van der Waals surface area contributed by atoms with Gasteiger partial charge in [-0.05, 0) is 60.7 Å². The second-order valence-corrected chi connectivity index (χ2v) is 8.34. The van der Waals surface area contributed by atoms with Gasteiger partial charge in [0.2, 0.25) is 0 Å². The van der Waals surface area contributed by atoms with Gasteiger partial charge in [-0.1, -0.05) is 17.7 Å². The molecule has 5 nitrogen and oxygen atoms in total. The maximum absolute atomic E-state index is 14.0. The van der Waals surface area contributed by atoms with Crippen LogP contribution < -0.4 is 4.74 Å². The highest BCUT2D eigenvalue weighted by molar-refractivity contribution is 5.72. The van der Waals surface area contributed by atoms with Gasteiger partial charge in [0.15, 0.2) is 0 Å². The summed E-state index contributed by atoms with van der Waals surface area (Å²) in [6, 6.07) is 8.02. The average Bonchev–Trinajstić information content (AvgIpc) is 2.72. The molecule has 2 aromatic rings. The van der Waals surface area contributed by atoms with E-state index in [1.54, 1.807) is 6.07 Å². The summed E-state index contributed by atoms with van der Waals surface area (Å²) in [5.41, 5.74) is 3.68. The zero-order valence-corrected chi connectivity index (χ0v) is 17.9. The largest absolute Gasteiger partial charge is 0.506 e. The molecule has 0 saturated carbocycles. The van der Waals surface area contributed by atoms with Crippen LogP contribution in [-0.4, -0.2) is 41.9 Å². The number of halogens is 4. The number of hydrogen-bond acceptors (Lipinski definition) is 4. The van der Waals surface area contributed by atoms with E-state index in [0.29, 0.717) is 24.9 Å². The molecule has 4 rings (SSSR count). The molecule has 0 radical (unpaired) electrons. The normalized spacial score (nSPS) is 16.9. The number of rotatable bonds is 6. The molecule has 0 bridgehead atoms. The van der Waals surface area contributed by atoms with E-state index in [1.807, 2.05) is 12.1 Å². The summed E-state index contributed by atoms with van der Waals surface area (Å²) in [5, 5.41) is 8.67. The van der Waals surface area contributed by atoms with E-state index in [2.05, 4.69) is 11.8 Å². The highest BCUT2D eigenvalue weighted by Gasteiger charge is 2.32. The van der Waals surface area contributed by atoms with Crippen molar-refractivity contribution in [2.45, 2.75) is 38.7 Å². The average molecular weight is 465 g/mol. The van der Waals surface area contributed by atoms with Crippen LogP contribution in [-0.2, 0) is 23.9 Å². The molecule has 0 spiro atoms. The molecule has 1 heterocycles. The van der Waals surface area contributed by atoms with Gasteiger partial charge < -0.3 is 14.6 Å². The first-order valence-electron chi connectivity index (χ1n) is 10.5. The fourth-order valence-corrected chi connectivity index (χ4v) is 4.23. The Morgan fingerprint density at radius 1 is 1.15 bits per heavy atom. The van der Waals surface area contributed by atoms with E-state index >= 15 is 0 Å². The third-order valence-corrected chi connectivity index (χ3v) is 6.09. The Morgan fingerprint density at radius 2 is 1.91 bits per heavy atom. The molecular formula is C24H23F4NO4. The minimum absolute atomic E-state index is 0.0545. The van der Waals surface area contributed by atoms with Crippen LogP contribution in [0.2, 0.25) is 0 Å². The number of carbonyl (C=O) groups is 1. The minimum Gasteiger partial charge on any atom is -0.489 e. The molecule has 1 N–H and O–H groups in total. The monoisotopic (exact) mass is 465 g/mol. The predicted octanol–water partition coefficient (Wildman–Crippen LogP) is 5.52. The van der Waals surface area contributed by atoms with Crippen LogP contribution in [0.15, 0.2) is 42.0 Å². The van der Waals surface area contributed by atoms with Gasteiger partial charge in [0.25, 0.3) is 0 Å². The molecule has 176 valence electrons. The van der Waals surface area contributed by atoms with E-state index in [4.69, 9.17) is 14.6 Å². The Kier molecular flexibility index (Phi) is 6.34. The Balaban J connectivity index is 1.38. The molecule has 1 aliphatic carbocycles. The van der Waals surface area contributed by atoms with Crippen molar-refractivity contribution in [3.8, 4) is 5.75 Å². The molecule has 33 heavy (non-hydrogen) atoms. The third kappa shape index (κ3) is 5.30. The van der Waals surface area contributed by atoms with Gasteiger partial charge in [0.1, 0.15) is 24.3 Å². The smallest absolute Gasteiger partial charge is 0.489 e. The Hall–Kier alpha value is -3.07. The molecule has 0 amide bonds. The maximum Gasteiger partial charge on any atom is 0.506 e. The van der Waals surface area contributed by atoms with E-state index in [9.17, 15) is 22.4 Å². The summed E-state index contributed by atoms with van der Waals surface area (Å²) < 4.78 is 62.5. The van der Waals surface area contributed by atoms with Crippen LogP contribution in [0.4, 0.5) is 22.4 Å². The fourth-order valence-electron chi connectivity index (χ4n) is 4.23. The van der Waals surface area contributed by atoms with Crippen molar-refractivity contribution in [2.75, 3.05) is 19.6 Å². The number of hydrogen-bond donors (Lipinski definition) is 1. The molecule has 2 aromatic carbocycles. The number of carboxylic acid groups (broad SMARTS) is 1. The first-order valence-corrected chi connectivity index (χ1v) is 10.5. The molecule has 1 saturated heterocycles. The molecule has 0 aromatic heterocycles. The van der Waals surface area contributed by atoms with Crippen molar-refractivity contribution in [3.05, 3.63) is 70.0 Å². The number of ether oxygens (including phenoxy) is 2. The Bertz CT molecular complexity index is 1090. The highest BCUT2D eigenvalue weighted by atomic mass is 19.4. The molecule has 0 unspecified atom stereocenters. The second-order valence-electron chi connectivity index (χ2n) is 8.34. The molecule has 2 aliphatic rings. The summed E-state index contributed by atoms with van der Waals surface area (Å²) in [6.45, 7) is 3.82. The van der Waals surface area contributed by atoms with Crippen LogP contribution in [0.3, 0.4) is 0 Å². The highest BCUT2D eigenvalue weighted by Crippen LogP contribution is 2.35. The van der Waals surface area contributed by atoms with Crippen LogP contribution in [0, 0.1) is 5.82 Å². The molecule has 9 heteroatoms. The SMILES string of the molecule is CC1=C(CN2CC(OC(=O)O)C2)CCc2cc(OCc3ccc(C(F)(F)F)cc3F)ccc21. The molecular weight excluding hydrogens is 442 g/mol. The number of fused-ring (bicyclic) bond motifs is 1. The summed E-state index contributed by atoms with van der Waals surface area (Å²) in [7, 11) is 0. The summed E-state index contributed by atoms with van der Waals surface area (Å²) in [6.07, 6.45) is -4.45. The summed E-state index contributed by atoms with van der Waals surface area (Å²) in [5.74, 6) is -0.422. The van der Waals surface area contributed by atoms with E-state index in [0.717, 1.165) is 42.6 Å². The standard InChI is InChI=1S/C24H23F4NO4/c1-14-16(10-29-11-20(12-29)33-23(30)31)3-2-15-8-19(6-7-21(14)15)32-13-17-4-5-18(9-22(17)25)24(26,27)28/h4-9,20H,2-3,10-13H2,1H3,(H,30,31). The van der Waals surface area contributed by atoms with Gasteiger partial charge in [-0.2, -0.15) is 13.2 Å². The van der Waals surface area contributed by atoms with Gasteiger partial charge in [-0.3, -0.25) is 4.90 Å². The minimum atomic E-state index is -4.59. The van der Waals surface area contributed by atoms with Crippen LogP contribution in [0.1, 0.15) is 35.6 Å². The van der Waals surface area contributed by atoms with Crippen molar-refractivity contribution in [3.63, 3.8) is 0 Å². The van der Waals surface area contributed by atoms with Crippen molar-refractivity contribution in [1.82, 2.24) is 4.90 Å². The quantitative estimate of drug-likeness (QED) is 0.450. The van der Waals surface area contributed by atoms with E-state index in [1.165, 1.54) is 11.1 Å². The van der Waals surface area contributed by atoms with Crippen LogP contribution in [0.5, 0.6) is 5.75 Å². The number of benzene rings is 2. The first kappa shape index (κ1) is 23.1. The van der Waals surface area contributed by atoms with E-state index < -0.39 is 23.7 Å². The number of aryl methyl sites for hydroxylation is 1. The lowest BCUT2D eigenvalue weighted by molar-refractivity contribution is -0.137. The van der Waals surface area contributed by atoms with Gasteiger partial charge in [0.05, 0.1) is 5.56 Å². The lowest BCUT2D eigenvalue weighted by atomic mass is 9.85. The number of nitrogens with zero attached hydrogens (tertiary/aromatic N) is 1. The zero-order chi connectivity index (χ0) is 23.8. The van der Waals surface area contributed by atoms with Crippen molar-refractivity contribution in [1.29, 1.82) is 0 Å². The van der Waals surface area contributed by atoms with Crippen molar-refractivity contribution < 1.29 is 36.9 Å². The fraction of sp³-hybridized carbons (Fsp3) is 0.375. The van der Waals surface area contributed by atoms with Gasteiger partial charge in [-0.15, -0.1) is 0 Å². The predicted molar refractivity (Wildman–Crippen MR) is 112 cm³/mol. The van der Waals surface area contributed by atoms with Crippen LogP contribution in [0.25, 0.3) is 5.57 Å². The number of likely N-dealkylation sites (tertiary alicyclic amines) is 1. The van der Waals surface area contributed by atoms with Crippen molar-refractivity contribution >= 4 is 11.7 Å². The molecule has 0 atom stereocenters. The van der Waals surface area contributed by atoms with Crippen LogP contribution >= 0.6 is 0 Å². The Labute approximate surface area is 188 Å². The topological polar surface area (TPSA) is 59.0 Å². The molecule has 1 fully saturated rings. The van der Waals surface area contributed by atoms with Crippen molar-refractivity contribution in [2.24, 2.45) is 0 Å². The molecule has 1 aliphatic heterocycles.